The van der Waals surface area contributed by atoms with Crippen LogP contribution in [0.1, 0.15) is 28.8 Å². The Labute approximate surface area is 163 Å². The van der Waals surface area contributed by atoms with Crippen LogP contribution in [0.3, 0.4) is 0 Å². The van der Waals surface area contributed by atoms with Crippen LogP contribution in [-0.2, 0) is 11.3 Å². The van der Waals surface area contributed by atoms with E-state index in [1.807, 2.05) is 24.3 Å². The second-order valence-corrected chi connectivity index (χ2v) is 6.60. The van der Waals surface area contributed by atoms with Gasteiger partial charge >= 0.3 is 0 Å². The summed E-state index contributed by atoms with van der Waals surface area (Å²) in [5.41, 5.74) is 2.21. The van der Waals surface area contributed by atoms with E-state index in [1.165, 1.54) is 14.2 Å². The van der Waals surface area contributed by atoms with Gasteiger partial charge in [0, 0.05) is 30.8 Å². The fourth-order valence-electron chi connectivity index (χ4n) is 3.05. The molecule has 2 amide bonds. The maximum absolute atomic E-state index is 12.4. The number of ether oxygens (including phenoxy) is 2. The van der Waals surface area contributed by atoms with E-state index < -0.39 is 0 Å². The molecule has 1 saturated heterocycles. The summed E-state index contributed by atoms with van der Waals surface area (Å²) in [5.74, 6) is 0.676. The van der Waals surface area contributed by atoms with Crippen molar-refractivity contribution in [3.63, 3.8) is 0 Å². The first-order valence-corrected chi connectivity index (χ1v) is 9.00. The first-order chi connectivity index (χ1) is 13.0. The predicted octanol–water partition coefficient (Wildman–Crippen LogP) is 3.41. The average Bonchev–Trinajstić information content (AvgIpc) is 3.11. The maximum Gasteiger partial charge on any atom is 0.251 e. The van der Waals surface area contributed by atoms with Gasteiger partial charge in [-0.05, 0) is 36.2 Å². The fourth-order valence-corrected chi connectivity index (χ4v) is 3.34. The summed E-state index contributed by atoms with van der Waals surface area (Å²) in [6.45, 7) is 1.12. The minimum atomic E-state index is -0.267. The normalized spacial score (nSPS) is 13.6. The van der Waals surface area contributed by atoms with E-state index in [0.717, 1.165) is 24.2 Å². The van der Waals surface area contributed by atoms with Crippen LogP contribution in [0.25, 0.3) is 0 Å². The summed E-state index contributed by atoms with van der Waals surface area (Å²) in [6, 6.07) is 10.7. The van der Waals surface area contributed by atoms with Crippen molar-refractivity contribution in [1.82, 2.24) is 5.32 Å². The van der Waals surface area contributed by atoms with Crippen LogP contribution in [0.4, 0.5) is 5.69 Å². The molecule has 1 aliphatic rings. The third kappa shape index (κ3) is 4.17. The van der Waals surface area contributed by atoms with Crippen molar-refractivity contribution in [3.8, 4) is 11.5 Å². The highest BCUT2D eigenvalue weighted by Crippen LogP contribution is 2.36. The molecule has 0 unspecified atom stereocenters. The van der Waals surface area contributed by atoms with E-state index >= 15 is 0 Å². The van der Waals surface area contributed by atoms with Crippen LogP contribution in [0, 0.1) is 0 Å². The molecule has 142 valence electrons. The number of halogens is 1. The summed E-state index contributed by atoms with van der Waals surface area (Å²) >= 11 is 6.15. The van der Waals surface area contributed by atoms with Gasteiger partial charge < -0.3 is 19.7 Å². The molecule has 0 bridgehead atoms. The maximum atomic E-state index is 12.4. The van der Waals surface area contributed by atoms with Crippen LogP contribution in [0.2, 0.25) is 5.02 Å². The lowest BCUT2D eigenvalue weighted by Crippen LogP contribution is -2.24. The van der Waals surface area contributed by atoms with Crippen LogP contribution >= 0.6 is 11.6 Å². The van der Waals surface area contributed by atoms with Gasteiger partial charge in [-0.1, -0.05) is 23.7 Å². The van der Waals surface area contributed by atoms with Crippen molar-refractivity contribution < 1.29 is 19.1 Å². The molecule has 7 heteroatoms. The third-order valence-electron chi connectivity index (χ3n) is 4.47. The molecule has 2 aromatic carbocycles. The number of nitrogens with one attached hydrogen (secondary N) is 1. The van der Waals surface area contributed by atoms with Gasteiger partial charge in [0.1, 0.15) is 0 Å². The SMILES string of the molecule is COc1cc(C(=O)NCc2ccc(N3CCCC3=O)cc2)cc(Cl)c1OC. The number of rotatable bonds is 6. The number of benzene rings is 2. The molecule has 2 aromatic rings. The molecule has 1 aliphatic heterocycles. The Morgan fingerprint density at radius 1 is 1.19 bits per heavy atom. The standard InChI is InChI=1S/C20H21ClN2O4/c1-26-17-11-14(10-16(21)19(17)27-2)20(25)22-12-13-5-7-15(8-6-13)23-9-3-4-18(23)24/h5-8,10-11H,3-4,9,12H2,1-2H3,(H,22,25). The van der Waals surface area contributed by atoms with E-state index in [-0.39, 0.29) is 11.8 Å². The van der Waals surface area contributed by atoms with Crippen molar-refractivity contribution in [3.05, 3.63) is 52.5 Å². The molecule has 1 N–H and O–H groups in total. The molecule has 0 aromatic heterocycles. The van der Waals surface area contributed by atoms with E-state index in [9.17, 15) is 9.59 Å². The van der Waals surface area contributed by atoms with Crippen molar-refractivity contribution in [2.24, 2.45) is 0 Å². The van der Waals surface area contributed by atoms with Crippen molar-refractivity contribution in [2.75, 3.05) is 25.7 Å². The molecule has 0 aliphatic carbocycles. The lowest BCUT2D eigenvalue weighted by atomic mass is 10.1. The summed E-state index contributed by atoms with van der Waals surface area (Å²) < 4.78 is 10.4. The number of anilines is 1. The molecule has 0 atom stereocenters. The van der Waals surface area contributed by atoms with Gasteiger partial charge in [0.2, 0.25) is 5.91 Å². The van der Waals surface area contributed by atoms with E-state index in [2.05, 4.69) is 5.32 Å². The lowest BCUT2D eigenvalue weighted by molar-refractivity contribution is -0.117. The Hall–Kier alpha value is -2.73. The number of nitrogens with zero attached hydrogens (tertiary/aromatic N) is 1. The zero-order chi connectivity index (χ0) is 19.4. The number of carbonyl (C=O) groups excluding carboxylic acids is 2. The Morgan fingerprint density at radius 3 is 2.52 bits per heavy atom. The molecule has 6 nitrogen and oxygen atoms in total. The lowest BCUT2D eigenvalue weighted by Gasteiger charge is -2.16. The minimum Gasteiger partial charge on any atom is -0.493 e. The number of amides is 2. The van der Waals surface area contributed by atoms with Gasteiger partial charge in [-0.15, -0.1) is 0 Å². The summed E-state index contributed by atoms with van der Waals surface area (Å²) in [6.07, 6.45) is 1.50. The molecular weight excluding hydrogens is 368 g/mol. The molecule has 0 saturated carbocycles. The second kappa shape index (κ2) is 8.31. The number of hydrogen-bond donors (Lipinski definition) is 1. The topological polar surface area (TPSA) is 67.9 Å². The van der Waals surface area contributed by atoms with Gasteiger partial charge in [-0.3, -0.25) is 9.59 Å². The van der Waals surface area contributed by atoms with Crippen LogP contribution in [0.5, 0.6) is 11.5 Å². The minimum absolute atomic E-state index is 0.154. The fraction of sp³-hybridized carbons (Fsp3) is 0.300. The zero-order valence-corrected chi connectivity index (χ0v) is 16.0. The zero-order valence-electron chi connectivity index (χ0n) is 15.3. The van der Waals surface area contributed by atoms with E-state index in [0.29, 0.717) is 35.1 Å². The second-order valence-electron chi connectivity index (χ2n) is 6.19. The largest absolute Gasteiger partial charge is 0.493 e. The highest BCUT2D eigenvalue weighted by Gasteiger charge is 2.21. The van der Waals surface area contributed by atoms with Crippen LogP contribution in [-0.4, -0.2) is 32.6 Å². The molecule has 0 radical (unpaired) electrons. The van der Waals surface area contributed by atoms with Crippen LogP contribution in [0.15, 0.2) is 36.4 Å². The highest BCUT2D eigenvalue weighted by atomic mass is 35.5. The van der Waals surface area contributed by atoms with E-state index in [1.54, 1.807) is 17.0 Å². The number of methoxy groups -OCH3 is 2. The average molecular weight is 389 g/mol. The van der Waals surface area contributed by atoms with Gasteiger partial charge in [-0.2, -0.15) is 0 Å². The monoisotopic (exact) mass is 388 g/mol. The molecular formula is C20H21ClN2O4. The Morgan fingerprint density at radius 2 is 1.93 bits per heavy atom. The first-order valence-electron chi connectivity index (χ1n) is 8.62. The quantitative estimate of drug-likeness (QED) is 0.823. The molecule has 1 heterocycles. The van der Waals surface area contributed by atoms with Crippen molar-refractivity contribution in [1.29, 1.82) is 0 Å². The van der Waals surface area contributed by atoms with Crippen LogP contribution < -0.4 is 19.7 Å². The Kier molecular flexibility index (Phi) is 5.86. The van der Waals surface area contributed by atoms with Gasteiger partial charge in [0.05, 0.1) is 19.2 Å². The highest BCUT2D eigenvalue weighted by molar-refractivity contribution is 6.32. The number of hydrogen-bond acceptors (Lipinski definition) is 4. The van der Waals surface area contributed by atoms with Gasteiger partial charge in [0.15, 0.2) is 11.5 Å². The number of carbonyl (C=O) groups is 2. The van der Waals surface area contributed by atoms with E-state index in [4.69, 9.17) is 21.1 Å². The Bertz CT molecular complexity index is 852. The molecule has 1 fully saturated rings. The summed E-state index contributed by atoms with van der Waals surface area (Å²) in [5, 5.41) is 3.16. The van der Waals surface area contributed by atoms with Crippen molar-refractivity contribution >= 4 is 29.1 Å². The van der Waals surface area contributed by atoms with Crippen molar-refractivity contribution in [2.45, 2.75) is 19.4 Å². The summed E-state index contributed by atoms with van der Waals surface area (Å²) in [7, 11) is 2.98. The summed E-state index contributed by atoms with van der Waals surface area (Å²) in [4.78, 5) is 26.0. The Balaban J connectivity index is 1.65. The predicted molar refractivity (Wildman–Crippen MR) is 104 cm³/mol. The molecule has 3 rings (SSSR count). The molecule has 27 heavy (non-hydrogen) atoms. The van der Waals surface area contributed by atoms with Gasteiger partial charge in [0.25, 0.3) is 5.91 Å². The molecule has 0 spiro atoms. The van der Waals surface area contributed by atoms with Gasteiger partial charge in [-0.25, -0.2) is 0 Å². The smallest absolute Gasteiger partial charge is 0.251 e. The third-order valence-corrected chi connectivity index (χ3v) is 4.75. The first kappa shape index (κ1) is 19.0.